The number of benzene rings is 2. The summed E-state index contributed by atoms with van der Waals surface area (Å²) in [6.45, 7) is 3.06. The number of pyridine rings is 1. The van der Waals surface area contributed by atoms with Gasteiger partial charge in [0.1, 0.15) is 0 Å². The summed E-state index contributed by atoms with van der Waals surface area (Å²) in [7, 11) is 0. The maximum Gasteiger partial charge on any atom is 0.213 e. The molecule has 0 aliphatic heterocycles. The molecule has 1 heterocycles. The first-order chi connectivity index (χ1) is 9.84. The Morgan fingerprint density at radius 1 is 0.750 bits per heavy atom. The SMILES string of the molecule is Cc1ccccc1-c1cccc[n+]1Cc1ccccc1. The molecule has 0 fully saturated rings. The highest BCUT2D eigenvalue weighted by molar-refractivity contribution is 5.60. The average molecular weight is 260 g/mol. The third-order valence-corrected chi connectivity index (χ3v) is 3.56. The predicted octanol–water partition coefficient (Wildman–Crippen LogP) is 4.00. The van der Waals surface area contributed by atoms with Crippen molar-refractivity contribution < 1.29 is 4.57 Å². The molecule has 1 nitrogen and oxygen atoms in total. The lowest BCUT2D eigenvalue weighted by molar-refractivity contribution is -0.677. The Bertz CT molecular complexity index is 702. The fourth-order valence-corrected chi connectivity index (χ4v) is 2.50. The molecule has 1 heteroatoms. The van der Waals surface area contributed by atoms with Crippen LogP contribution in [0.2, 0.25) is 0 Å². The van der Waals surface area contributed by atoms with Crippen molar-refractivity contribution in [1.82, 2.24) is 0 Å². The van der Waals surface area contributed by atoms with Gasteiger partial charge in [-0.25, -0.2) is 0 Å². The topological polar surface area (TPSA) is 3.88 Å². The van der Waals surface area contributed by atoms with Gasteiger partial charge in [-0.2, -0.15) is 4.57 Å². The summed E-state index contributed by atoms with van der Waals surface area (Å²) in [5.74, 6) is 0. The van der Waals surface area contributed by atoms with Gasteiger partial charge in [0.25, 0.3) is 0 Å². The highest BCUT2D eigenvalue weighted by Crippen LogP contribution is 2.19. The first-order valence-electron chi connectivity index (χ1n) is 6.93. The minimum atomic E-state index is 0.894. The molecular formula is C19H18N+. The second-order valence-corrected chi connectivity index (χ2v) is 5.01. The van der Waals surface area contributed by atoms with Crippen molar-refractivity contribution in [2.75, 3.05) is 0 Å². The molecule has 0 aliphatic carbocycles. The quantitative estimate of drug-likeness (QED) is 0.627. The van der Waals surface area contributed by atoms with Crippen molar-refractivity contribution in [3.05, 3.63) is 90.1 Å². The molecule has 0 N–H and O–H groups in total. The zero-order valence-corrected chi connectivity index (χ0v) is 11.7. The van der Waals surface area contributed by atoms with Gasteiger partial charge in [0.2, 0.25) is 5.69 Å². The lowest BCUT2D eigenvalue weighted by Gasteiger charge is -2.06. The van der Waals surface area contributed by atoms with Crippen molar-refractivity contribution in [3.8, 4) is 11.3 Å². The van der Waals surface area contributed by atoms with Crippen molar-refractivity contribution >= 4 is 0 Å². The molecule has 3 aromatic rings. The molecule has 98 valence electrons. The summed E-state index contributed by atoms with van der Waals surface area (Å²) < 4.78 is 2.30. The molecule has 0 saturated carbocycles. The third-order valence-electron chi connectivity index (χ3n) is 3.56. The summed E-state index contributed by atoms with van der Waals surface area (Å²) in [6, 6.07) is 25.5. The zero-order valence-electron chi connectivity index (χ0n) is 11.7. The lowest BCUT2D eigenvalue weighted by Crippen LogP contribution is -2.36. The van der Waals surface area contributed by atoms with Gasteiger partial charge >= 0.3 is 0 Å². The minimum Gasteiger partial charge on any atom is -0.194 e. The van der Waals surface area contributed by atoms with E-state index in [0.717, 1.165) is 6.54 Å². The van der Waals surface area contributed by atoms with E-state index < -0.39 is 0 Å². The molecule has 0 aliphatic rings. The van der Waals surface area contributed by atoms with Crippen LogP contribution < -0.4 is 4.57 Å². The van der Waals surface area contributed by atoms with Crippen molar-refractivity contribution in [2.45, 2.75) is 13.5 Å². The molecule has 20 heavy (non-hydrogen) atoms. The number of hydrogen-bond donors (Lipinski definition) is 0. The van der Waals surface area contributed by atoms with Crippen LogP contribution in [0.3, 0.4) is 0 Å². The van der Waals surface area contributed by atoms with Crippen LogP contribution >= 0.6 is 0 Å². The van der Waals surface area contributed by atoms with Crippen LogP contribution in [0.5, 0.6) is 0 Å². The summed E-state index contributed by atoms with van der Waals surface area (Å²) in [4.78, 5) is 0. The first-order valence-corrected chi connectivity index (χ1v) is 6.93. The summed E-state index contributed by atoms with van der Waals surface area (Å²) >= 11 is 0. The number of rotatable bonds is 3. The molecule has 0 radical (unpaired) electrons. The van der Waals surface area contributed by atoms with Gasteiger partial charge in [-0.3, -0.25) is 0 Å². The van der Waals surface area contributed by atoms with Crippen LogP contribution in [0.15, 0.2) is 79.0 Å². The molecule has 0 spiro atoms. The second kappa shape index (κ2) is 5.70. The third kappa shape index (κ3) is 2.62. The van der Waals surface area contributed by atoms with E-state index in [0.29, 0.717) is 0 Å². The van der Waals surface area contributed by atoms with Crippen LogP contribution in [0.4, 0.5) is 0 Å². The maximum absolute atomic E-state index is 2.30. The van der Waals surface area contributed by atoms with Gasteiger partial charge in [-0.1, -0.05) is 48.5 Å². The van der Waals surface area contributed by atoms with E-state index in [4.69, 9.17) is 0 Å². The normalized spacial score (nSPS) is 10.4. The number of aromatic nitrogens is 1. The molecule has 0 amide bonds. The Kier molecular flexibility index (Phi) is 3.60. The highest BCUT2D eigenvalue weighted by atomic mass is 15.0. The first kappa shape index (κ1) is 12.6. The summed E-state index contributed by atoms with van der Waals surface area (Å²) in [5.41, 5.74) is 5.18. The van der Waals surface area contributed by atoms with E-state index in [2.05, 4.69) is 90.5 Å². The lowest BCUT2D eigenvalue weighted by atomic mass is 10.0. The molecular weight excluding hydrogens is 242 g/mol. The smallest absolute Gasteiger partial charge is 0.194 e. The van der Waals surface area contributed by atoms with Crippen LogP contribution in [0.25, 0.3) is 11.3 Å². The molecule has 3 rings (SSSR count). The van der Waals surface area contributed by atoms with Crippen molar-refractivity contribution in [2.24, 2.45) is 0 Å². The summed E-state index contributed by atoms with van der Waals surface area (Å²) in [5, 5.41) is 0. The Labute approximate surface area is 120 Å². The van der Waals surface area contributed by atoms with Gasteiger partial charge in [0.05, 0.1) is 0 Å². The van der Waals surface area contributed by atoms with Crippen LogP contribution in [-0.2, 0) is 6.54 Å². The number of aryl methyl sites for hydroxylation is 1. The van der Waals surface area contributed by atoms with Crippen molar-refractivity contribution in [1.29, 1.82) is 0 Å². The van der Waals surface area contributed by atoms with Crippen LogP contribution in [-0.4, -0.2) is 0 Å². The number of nitrogens with zero attached hydrogens (tertiary/aromatic N) is 1. The molecule has 0 atom stereocenters. The van der Waals surface area contributed by atoms with Crippen LogP contribution in [0.1, 0.15) is 11.1 Å². The molecule has 2 aromatic carbocycles. The van der Waals surface area contributed by atoms with E-state index in [-0.39, 0.29) is 0 Å². The Balaban J connectivity index is 2.03. The van der Waals surface area contributed by atoms with E-state index in [1.165, 1.54) is 22.4 Å². The Morgan fingerprint density at radius 2 is 1.45 bits per heavy atom. The Morgan fingerprint density at radius 3 is 2.25 bits per heavy atom. The van der Waals surface area contributed by atoms with Crippen LogP contribution in [0, 0.1) is 6.92 Å². The zero-order chi connectivity index (χ0) is 13.8. The average Bonchev–Trinajstić information content (AvgIpc) is 2.50. The fourth-order valence-electron chi connectivity index (χ4n) is 2.50. The van der Waals surface area contributed by atoms with Gasteiger partial charge in [0, 0.05) is 23.3 Å². The number of hydrogen-bond acceptors (Lipinski definition) is 0. The predicted molar refractivity (Wildman–Crippen MR) is 82.4 cm³/mol. The highest BCUT2D eigenvalue weighted by Gasteiger charge is 2.14. The monoisotopic (exact) mass is 260 g/mol. The van der Waals surface area contributed by atoms with Crippen molar-refractivity contribution in [3.63, 3.8) is 0 Å². The van der Waals surface area contributed by atoms with Gasteiger partial charge < -0.3 is 0 Å². The second-order valence-electron chi connectivity index (χ2n) is 5.01. The van der Waals surface area contributed by atoms with E-state index in [1.807, 2.05) is 0 Å². The van der Waals surface area contributed by atoms with Gasteiger partial charge in [0.15, 0.2) is 12.7 Å². The minimum absolute atomic E-state index is 0.894. The Hall–Kier alpha value is -2.41. The largest absolute Gasteiger partial charge is 0.213 e. The van der Waals surface area contributed by atoms with E-state index in [1.54, 1.807) is 0 Å². The van der Waals surface area contributed by atoms with Gasteiger partial charge in [-0.15, -0.1) is 0 Å². The van der Waals surface area contributed by atoms with E-state index >= 15 is 0 Å². The summed E-state index contributed by atoms with van der Waals surface area (Å²) in [6.07, 6.45) is 2.15. The maximum atomic E-state index is 2.30. The van der Waals surface area contributed by atoms with E-state index in [9.17, 15) is 0 Å². The molecule has 0 saturated heterocycles. The molecule has 0 unspecified atom stereocenters. The standard InChI is InChI=1S/C19H18N/c1-16-9-5-6-12-18(16)19-13-7-8-14-20(19)15-17-10-3-2-4-11-17/h2-14H,15H2,1H3/q+1. The molecule has 0 bridgehead atoms. The molecule has 1 aromatic heterocycles. The van der Waals surface area contributed by atoms with Gasteiger partial charge in [-0.05, 0) is 24.6 Å². The fraction of sp³-hybridized carbons (Fsp3) is 0.105.